The number of aryl methyl sites for hydroxylation is 1. The Balaban J connectivity index is 1.71. The van der Waals surface area contributed by atoms with Crippen LogP contribution in [0.1, 0.15) is 5.69 Å². The van der Waals surface area contributed by atoms with E-state index in [1.54, 1.807) is 18.3 Å². The molecule has 2 aromatic heterocycles. The Hall–Kier alpha value is -3.47. The molecule has 0 saturated heterocycles. The fourth-order valence-corrected chi connectivity index (χ4v) is 2.92. The predicted molar refractivity (Wildman–Crippen MR) is 102 cm³/mol. The third-order valence-electron chi connectivity index (χ3n) is 4.17. The van der Waals surface area contributed by atoms with Gasteiger partial charge in [0.1, 0.15) is 5.82 Å². The third kappa shape index (κ3) is 3.19. The van der Waals surface area contributed by atoms with E-state index in [0.29, 0.717) is 5.95 Å². The number of aromatic nitrogens is 3. The predicted octanol–water partition coefficient (Wildman–Crippen LogP) is 5.33. The molecule has 2 N–H and O–H groups in total. The Bertz CT molecular complexity index is 1020. The van der Waals surface area contributed by atoms with Gasteiger partial charge < -0.3 is 10.3 Å². The van der Waals surface area contributed by atoms with Crippen molar-refractivity contribution in [3.05, 3.63) is 84.6 Å². The molecule has 0 aliphatic rings. The highest BCUT2D eigenvalue weighted by molar-refractivity contribution is 5.83. The molecular weight excluding hydrogens is 327 g/mol. The maximum Gasteiger partial charge on any atom is 0.227 e. The molecule has 0 saturated carbocycles. The van der Waals surface area contributed by atoms with E-state index in [0.717, 1.165) is 33.8 Å². The number of aromatic amines is 1. The van der Waals surface area contributed by atoms with Crippen LogP contribution in [0.4, 0.5) is 16.0 Å². The number of nitrogens with one attached hydrogen (secondary N) is 2. The van der Waals surface area contributed by atoms with Gasteiger partial charge in [-0.25, -0.2) is 14.4 Å². The van der Waals surface area contributed by atoms with E-state index in [1.807, 2.05) is 37.4 Å². The van der Waals surface area contributed by atoms with Crippen molar-refractivity contribution in [2.45, 2.75) is 6.92 Å². The average Bonchev–Trinajstić information content (AvgIpc) is 3.06. The molecule has 0 aliphatic heterocycles. The van der Waals surface area contributed by atoms with E-state index in [4.69, 9.17) is 0 Å². The van der Waals surface area contributed by atoms with E-state index in [1.165, 1.54) is 12.1 Å². The zero-order valence-corrected chi connectivity index (χ0v) is 14.2. The van der Waals surface area contributed by atoms with Gasteiger partial charge in [0.25, 0.3) is 0 Å². The number of H-pyrrole nitrogens is 1. The van der Waals surface area contributed by atoms with Crippen LogP contribution in [-0.2, 0) is 0 Å². The summed E-state index contributed by atoms with van der Waals surface area (Å²) >= 11 is 0. The quantitative estimate of drug-likeness (QED) is 0.526. The molecule has 0 unspecified atom stereocenters. The van der Waals surface area contributed by atoms with Crippen molar-refractivity contribution in [1.82, 2.24) is 15.0 Å². The molecule has 4 nitrogen and oxygen atoms in total. The normalized spacial score (nSPS) is 10.7. The second kappa shape index (κ2) is 6.80. The lowest BCUT2D eigenvalue weighted by Gasteiger charge is -2.09. The lowest BCUT2D eigenvalue weighted by Crippen LogP contribution is -1.98. The van der Waals surface area contributed by atoms with Crippen molar-refractivity contribution in [3.63, 3.8) is 0 Å². The minimum atomic E-state index is -0.277. The number of rotatable bonds is 4. The Kier molecular flexibility index (Phi) is 4.19. The van der Waals surface area contributed by atoms with Gasteiger partial charge in [0, 0.05) is 34.9 Å². The maximum absolute atomic E-state index is 13.1. The van der Waals surface area contributed by atoms with E-state index >= 15 is 0 Å². The van der Waals surface area contributed by atoms with E-state index < -0.39 is 0 Å². The number of benzene rings is 2. The van der Waals surface area contributed by atoms with Crippen LogP contribution in [0, 0.1) is 12.7 Å². The first-order valence-corrected chi connectivity index (χ1v) is 8.30. The Labute approximate surface area is 150 Å². The summed E-state index contributed by atoms with van der Waals surface area (Å²) in [6.45, 7) is 2.02. The van der Waals surface area contributed by atoms with Gasteiger partial charge in [-0.3, -0.25) is 0 Å². The fourth-order valence-electron chi connectivity index (χ4n) is 2.92. The van der Waals surface area contributed by atoms with Gasteiger partial charge in [-0.15, -0.1) is 0 Å². The summed E-state index contributed by atoms with van der Waals surface area (Å²) in [5.74, 6) is 0.189. The second-order valence-electron chi connectivity index (χ2n) is 5.97. The lowest BCUT2D eigenvalue weighted by molar-refractivity contribution is 0.628. The molecule has 4 rings (SSSR count). The van der Waals surface area contributed by atoms with Crippen LogP contribution in [0.2, 0.25) is 0 Å². The number of hydrogen-bond donors (Lipinski definition) is 2. The van der Waals surface area contributed by atoms with Crippen molar-refractivity contribution in [3.8, 4) is 22.4 Å². The smallest absolute Gasteiger partial charge is 0.227 e. The standard InChI is InChI=1S/C21H17FN4/c1-14-20(18(13-24-14)15-5-3-2-4-6-15)19-11-12-23-21(26-19)25-17-9-7-16(22)8-10-17/h2-13,24H,1H3,(H,23,25,26). The van der Waals surface area contributed by atoms with Crippen LogP contribution < -0.4 is 5.32 Å². The van der Waals surface area contributed by atoms with Gasteiger partial charge in [0.05, 0.1) is 5.69 Å². The van der Waals surface area contributed by atoms with Crippen LogP contribution in [-0.4, -0.2) is 15.0 Å². The van der Waals surface area contributed by atoms with Crippen molar-refractivity contribution in [2.24, 2.45) is 0 Å². The molecule has 5 heteroatoms. The molecule has 2 heterocycles. The van der Waals surface area contributed by atoms with Crippen molar-refractivity contribution in [2.75, 3.05) is 5.32 Å². The fraction of sp³-hybridized carbons (Fsp3) is 0.0476. The molecule has 4 aromatic rings. The first kappa shape index (κ1) is 16.0. The van der Waals surface area contributed by atoms with Gasteiger partial charge >= 0.3 is 0 Å². The minimum absolute atomic E-state index is 0.277. The summed E-state index contributed by atoms with van der Waals surface area (Å²) in [7, 11) is 0. The second-order valence-corrected chi connectivity index (χ2v) is 5.97. The number of anilines is 2. The van der Waals surface area contributed by atoms with Crippen LogP contribution in [0.15, 0.2) is 73.1 Å². The molecule has 0 amide bonds. The largest absolute Gasteiger partial charge is 0.364 e. The molecule has 0 fully saturated rings. The molecule has 0 aliphatic carbocycles. The van der Waals surface area contributed by atoms with Crippen LogP contribution in [0.5, 0.6) is 0 Å². The summed E-state index contributed by atoms with van der Waals surface area (Å²) in [6.07, 6.45) is 3.71. The van der Waals surface area contributed by atoms with Crippen molar-refractivity contribution >= 4 is 11.6 Å². The van der Waals surface area contributed by atoms with Gasteiger partial charge in [-0.05, 0) is 42.8 Å². The SMILES string of the molecule is Cc1[nH]cc(-c2ccccc2)c1-c1ccnc(Nc2ccc(F)cc2)n1. The van der Waals surface area contributed by atoms with Crippen molar-refractivity contribution in [1.29, 1.82) is 0 Å². The molecule has 128 valence electrons. The highest BCUT2D eigenvalue weighted by Crippen LogP contribution is 2.34. The molecule has 0 atom stereocenters. The number of hydrogen-bond acceptors (Lipinski definition) is 3. The van der Waals surface area contributed by atoms with Crippen LogP contribution in [0.25, 0.3) is 22.4 Å². The molecule has 26 heavy (non-hydrogen) atoms. The van der Waals surface area contributed by atoms with Gasteiger partial charge in [-0.1, -0.05) is 30.3 Å². The monoisotopic (exact) mass is 344 g/mol. The van der Waals surface area contributed by atoms with Crippen LogP contribution in [0.3, 0.4) is 0 Å². The molecular formula is C21H17FN4. The molecule has 2 aromatic carbocycles. The Morgan fingerprint density at radius 1 is 0.962 bits per heavy atom. The Morgan fingerprint density at radius 2 is 1.73 bits per heavy atom. The van der Waals surface area contributed by atoms with Gasteiger partial charge in [0.2, 0.25) is 5.95 Å². The third-order valence-corrected chi connectivity index (χ3v) is 4.17. The van der Waals surface area contributed by atoms with Gasteiger partial charge in [0.15, 0.2) is 0 Å². The summed E-state index contributed by atoms with van der Waals surface area (Å²) < 4.78 is 13.1. The average molecular weight is 344 g/mol. The zero-order chi connectivity index (χ0) is 17.9. The number of halogens is 1. The van der Waals surface area contributed by atoms with E-state index in [2.05, 4.69) is 32.4 Å². The highest BCUT2D eigenvalue weighted by Gasteiger charge is 2.14. The van der Waals surface area contributed by atoms with E-state index in [9.17, 15) is 4.39 Å². The zero-order valence-electron chi connectivity index (χ0n) is 14.2. The minimum Gasteiger partial charge on any atom is -0.364 e. The number of nitrogens with zero attached hydrogens (tertiary/aromatic N) is 2. The highest BCUT2D eigenvalue weighted by atomic mass is 19.1. The molecule has 0 spiro atoms. The van der Waals surface area contributed by atoms with Gasteiger partial charge in [-0.2, -0.15) is 0 Å². The first-order chi connectivity index (χ1) is 12.7. The maximum atomic E-state index is 13.1. The summed E-state index contributed by atoms with van der Waals surface area (Å²) in [6, 6.07) is 18.2. The summed E-state index contributed by atoms with van der Waals surface area (Å²) in [5, 5.41) is 3.11. The lowest BCUT2D eigenvalue weighted by atomic mass is 10.0. The summed E-state index contributed by atoms with van der Waals surface area (Å²) in [4.78, 5) is 12.2. The topological polar surface area (TPSA) is 53.6 Å². The Morgan fingerprint density at radius 3 is 2.50 bits per heavy atom. The summed E-state index contributed by atoms with van der Waals surface area (Å²) in [5.41, 5.74) is 5.85. The molecule has 0 radical (unpaired) electrons. The molecule has 0 bridgehead atoms. The first-order valence-electron chi connectivity index (χ1n) is 8.30. The van der Waals surface area contributed by atoms with Crippen molar-refractivity contribution < 1.29 is 4.39 Å². The van der Waals surface area contributed by atoms with E-state index in [-0.39, 0.29) is 5.82 Å². The van der Waals surface area contributed by atoms with Crippen LogP contribution >= 0.6 is 0 Å².